The van der Waals surface area contributed by atoms with Crippen molar-refractivity contribution in [2.45, 2.75) is 45.7 Å². The molecule has 1 unspecified atom stereocenters. The molecule has 0 aliphatic carbocycles. The number of rotatable bonds is 7. The van der Waals surface area contributed by atoms with E-state index in [4.69, 9.17) is 5.11 Å². The van der Waals surface area contributed by atoms with E-state index in [1.54, 1.807) is 12.1 Å². The summed E-state index contributed by atoms with van der Waals surface area (Å²) < 4.78 is 0. The molecular formula is C15H23NO2. The van der Waals surface area contributed by atoms with Crippen LogP contribution in [0.1, 0.15) is 49.0 Å². The van der Waals surface area contributed by atoms with Gasteiger partial charge in [0.1, 0.15) is 0 Å². The predicted octanol–water partition coefficient (Wildman–Crippen LogP) is 3.40. The van der Waals surface area contributed by atoms with Gasteiger partial charge >= 0.3 is 5.97 Å². The maximum Gasteiger partial charge on any atom is 0.335 e. The summed E-state index contributed by atoms with van der Waals surface area (Å²) in [5.41, 5.74) is 1.42. The third-order valence-corrected chi connectivity index (χ3v) is 3.33. The number of hydrogen-bond donors (Lipinski definition) is 1. The van der Waals surface area contributed by atoms with Crippen LogP contribution in [0.3, 0.4) is 0 Å². The lowest BCUT2D eigenvalue weighted by Crippen LogP contribution is -2.28. The maximum atomic E-state index is 10.9. The van der Waals surface area contributed by atoms with E-state index in [9.17, 15) is 4.79 Å². The Balaban J connectivity index is 2.60. The molecule has 3 heteroatoms. The summed E-state index contributed by atoms with van der Waals surface area (Å²) in [5, 5.41) is 8.96. The molecule has 0 fully saturated rings. The molecule has 0 aliphatic rings. The van der Waals surface area contributed by atoms with Gasteiger partial charge < -0.3 is 5.11 Å². The lowest BCUT2D eigenvalue weighted by atomic mass is 10.1. The zero-order valence-corrected chi connectivity index (χ0v) is 11.5. The third-order valence-electron chi connectivity index (χ3n) is 3.33. The molecule has 0 saturated heterocycles. The summed E-state index contributed by atoms with van der Waals surface area (Å²) in [4.78, 5) is 13.2. The van der Waals surface area contributed by atoms with Crippen LogP contribution in [0.2, 0.25) is 0 Å². The van der Waals surface area contributed by atoms with Crippen molar-refractivity contribution in [1.29, 1.82) is 0 Å². The normalized spacial score (nSPS) is 12.7. The zero-order valence-electron chi connectivity index (χ0n) is 11.5. The second-order valence-electron chi connectivity index (χ2n) is 4.91. The number of benzene rings is 1. The van der Waals surface area contributed by atoms with Gasteiger partial charge in [-0.3, -0.25) is 4.90 Å². The van der Waals surface area contributed by atoms with Gasteiger partial charge in [-0.25, -0.2) is 4.79 Å². The fraction of sp³-hybridized carbons (Fsp3) is 0.533. The topological polar surface area (TPSA) is 40.5 Å². The molecule has 0 bridgehead atoms. The van der Waals surface area contributed by atoms with Crippen LogP contribution >= 0.6 is 0 Å². The fourth-order valence-electron chi connectivity index (χ4n) is 1.97. The molecule has 3 nitrogen and oxygen atoms in total. The molecule has 1 N–H and O–H groups in total. The molecular weight excluding hydrogens is 226 g/mol. The lowest BCUT2D eigenvalue weighted by molar-refractivity contribution is 0.0696. The number of hydrogen-bond acceptors (Lipinski definition) is 2. The largest absolute Gasteiger partial charge is 0.478 e. The van der Waals surface area contributed by atoms with Gasteiger partial charge in [0.25, 0.3) is 0 Å². The molecule has 0 amide bonds. The summed E-state index contributed by atoms with van der Waals surface area (Å²) >= 11 is 0. The summed E-state index contributed by atoms with van der Waals surface area (Å²) in [6.07, 6.45) is 3.64. The van der Waals surface area contributed by atoms with E-state index >= 15 is 0 Å². The molecule has 1 aromatic carbocycles. The Labute approximate surface area is 109 Å². The molecule has 0 aliphatic heterocycles. The average molecular weight is 249 g/mol. The lowest BCUT2D eigenvalue weighted by Gasteiger charge is -2.24. The van der Waals surface area contributed by atoms with E-state index in [-0.39, 0.29) is 0 Å². The van der Waals surface area contributed by atoms with Gasteiger partial charge in [0.05, 0.1) is 5.56 Å². The maximum absolute atomic E-state index is 10.9. The van der Waals surface area contributed by atoms with Crippen LogP contribution < -0.4 is 0 Å². The zero-order chi connectivity index (χ0) is 13.5. The van der Waals surface area contributed by atoms with Crippen molar-refractivity contribution in [1.82, 2.24) is 4.90 Å². The Bertz CT molecular complexity index is 390. The quantitative estimate of drug-likeness (QED) is 0.805. The van der Waals surface area contributed by atoms with Crippen molar-refractivity contribution in [3.05, 3.63) is 35.4 Å². The standard InChI is InChI=1S/C15H23NO2/c1-4-5-7-12(2)16(3)11-13-8-6-9-14(10-13)15(17)18/h6,8-10,12H,4-5,7,11H2,1-3H3,(H,17,18). The van der Waals surface area contributed by atoms with Crippen LogP contribution in [0.4, 0.5) is 0 Å². The molecule has 0 aromatic heterocycles. The first kappa shape index (κ1) is 14.7. The van der Waals surface area contributed by atoms with E-state index < -0.39 is 5.97 Å². The molecule has 0 radical (unpaired) electrons. The number of nitrogens with zero attached hydrogens (tertiary/aromatic N) is 1. The third kappa shape index (κ3) is 4.49. The summed E-state index contributed by atoms with van der Waals surface area (Å²) in [5.74, 6) is -0.862. The number of unbranched alkanes of at least 4 members (excludes halogenated alkanes) is 1. The Hall–Kier alpha value is -1.35. The monoisotopic (exact) mass is 249 g/mol. The van der Waals surface area contributed by atoms with Crippen molar-refractivity contribution in [2.75, 3.05) is 7.05 Å². The van der Waals surface area contributed by atoms with Crippen LogP contribution in [0.25, 0.3) is 0 Å². The molecule has 18 heavy (non-hydrogen) atoms. The molecule has 0 heterocycles. The van der Waals surface area contributed by atoms with Crippen molar-refractivity contribution in [3.8, 4) is 0 Å². The predicted molar refractivity (Wildman–Crippen MR) is 73.9 cm³/mol. The first-order valence-electron chi connectivity index (χ1n) is 6.57. The van der Waals surface area contributed by atoms with Crippen molar-refractivity contribution in [2.24, 2.45) is 0 Å². The van der Waals surface area contributed by atoms with Gasteiger partial charge in [-0.15, -0.1) is 0 Å². The summed E-state index contributed by atoms with van der Waals surface area (Å²) in [6.45, 7) is 5.21. The molecule has 100 valence electrons. The number of carboxylic acid groups (broad SMARTS) is 1. The van der Waals surface area contributed by atoms with Crippen LogP contribution in [0.5, 0.6) is 0 Å². The van der Waals surface area contributed by atoms with Crippen LogP contribution in [0.15, 0.2) is 24.3 Å². The van der Waals surface area contributed by atoms with Gasteiger partial charge in [0.2, 0.25) is 0 Å². The summed E-state index contributed by atoms with van der Waals surface area (Å²) in [7, 11) is 2.09. The van der Waals surface area contributed by atoms with Gasteiger partial charge in [-0.1, -0.05) is 31.9 Å². The molecule has 1 aromatic rings. The highest BCUT2D eigenvalue weighted by molar-refractivity contribution is 5.87. The van der Waals surface area contributed by atoms with Crippen molar-refractivity contribution in [3.63, 3.8) is 0 Å². The van der Waals surface area contributed by atoms with E-state index in [1.165, 1.54) is 19.3 Å². The van der Waals surface area contributed by atoms with E-state index in [0.717, 1.165) is 12.1 Å². The Kier molecular flexibility index (Phi) is 5.86. The highest BCUT2D eigenvalue weighted by atomic mass is 16.4. The minimum Gasteiger partial charge on any atom is -0.478 e. The highest BCUT2D eigenvalue weighted by Gasteiger charge is 2.10. The van der Waals surface area contributed by atoms with Crippen molar-refractivity contribution >= 4 is 5.97 Å². The van der Waals surface area contributed by atoms with Crippen LogP contribution in [-0.4, -0.2) is 29.1 Å². The smallest absolute Gasteiger partial charge is 0.335 e. The first-order chi connectivity index (χ1) is 8.54. The van der Waals surface area contributed by atoms with Gasteiger partial charge in [0.15, 0.2) is 0 Å². The number of aromatic carboxylic acids is 1. The molecule has 1 atom stereocenters. The van der Waals surface area contributed by atoms with E-state index in [2.05, 4.69) is 25.8 Å². The fourth-order valence-corrected chi connectivity index (χ4v) is 1.97. The van der Waals surface area contributed by atoms with Crippen LogP contribution in [0, 0.1) is 0 Å². The Morgan fingerprint density at radius 2 is 2.17 bits per heavy atom. The molecule has 0 spiro atoms. The SMILES string of the molecule is CCCCC(C)N(C)Cc1cccc(C(=O)O)c1. The minimum absolute atomic E-state index is 0.363. The molecule has 0 saturated carbocycles. The van der Waals surface area contributed by atoms with Gasteiger partial charge in [-0.05, 0) is 38.1 Å². The Morgan fingerprint density at radius 3 is 2.78 bits per heavy atom. The second kappa shape index (κ2) is 7.17. The van der Waals surface area contributed by atoms with Crippen LogP contribution in [-0.2, 0) is 6.54 Å². The highest BCUT2D eigenvalue weighted by Crippen LogP contribution is 2.12. The van der Waals surface area contributed by atoms with Gasteiger partial charge in [-0.2, -0.15) is 0 Å². The molecule has 1 rings (SSSR count). The minimum atomic E-state index is -0.862. The average Bonchev–Trinajstić information content (AvgIpc) is 2.36. The van der Waals surface area contributed by atoms with E-state index in [0.29, 0.717) is 11.6 Å². The Morgan fingerprint density at radius 1 is 1.44 bits per heavy atom. The second-order valence-corrected chi connectivity index (χ2v) is 4.91. The van der Waals surface area contributed by atoms with E-state index in [1.807, 2.05) is 12.1 Å². The number of carbonyl (C=O) groups is 1. The summed E-state index contributed by atoms with van der Waals surface area (Å²) in [6, 6.07) is 7.70. The number of carboxylic acids is 1. The van der Waals surface area contributed by atoms with Crippen molar-refractivity contribution < 1.29 is 9.90 Å². The first-order valence-corrected chi connectivity index (χ1v) is 6.57. The van der Waals surface area contributed by atoms with Gasteiger partial charge in [0, 0.05) is 12.6 Å².